The van der Waals surface area contributed by atoms with Gasteiger partial charge in [0.05, 0.1) is 0 Å². The average molecular weight is 717 g/mol. The number of hydrogen-bond acceptors (Lipinski definition) is 1. The van der Waals surface area contributed by atoms with Crippen molar-refractivity contribution in [3.63, 3.8) is 0 Å². The van der Waals surface area contributed by atoms with E-state index in [-0.39, 0.29) is 4.32 Å². The fourth-order valence-electron chi connectivity index (χ4n) is 6.21. The molecule has 268 valence electrons. The molecule has 0 heterocycles. The van der Waals surface area contributed by atoms with Gasteiger partial charge in [0.1, 0.15) is 0 Å². The molecule has 0 rings (SSSR count). The molecule has 0 aromatic rings. The van der Waals surface area contributed by atoms with Crippen LogP contribution >= 0.6 is 23.5 Å². The minimum atomic E-state index is -3.16. The lowest BCUT2D eigenvalue weighted by atomic mass is 9.91. The minimum Gasteiger partial charge on any atom is -0.271 e. The summed E-state index contributed by atoms with van der Waals surface area (Å²) in [5.74, 6) is 0. The minimum absolute atomic E-state index is 0.0940. The Balaban J connectivity index is 3.95. The first kappa shape index (κ1) is 45.1. The summed E-state index contributed by atoms with van der Waals surface area (Å²) in [6, 6.07) is 0. The van der Waals surface area contributed by atoms with Crippen molar-refractivity contribution in [1.29, 1.82) is 0 Å². The van der Waals surface area contributed by atoms with Crippen LogP contribution < -0.4 is 16.1 Å². The summed E-state index contributed by atoms with van der Waals surface area (Å²) in [7, 11) is -3.16. The first-order valence-corrected chi connectivity index (χ1v) is 22.4. The van der Waals surface area contributed by atoms with E-state index in [1.54, 1.807) is 0 Å². The Bertz CT molecular complexity index is 666. The lowest BCUT2D eigenvalue weighted by Gasteiger charge is -2.28. The SMILES string of the molecule is CCCCCCCC/C=C\CCCCCCCCC(Br)(CCCCCCCC/C=C\CCCCCCCC)CCNP(N)(N)=O. The quantitative estimate of drug-likeness (QED) is 0.0261. The van der Waals surface area contributed by atoms with Crippen LogP contribution in [0.1, 0.15) is 213 Å². The van der Waals surface area contributed by atoms with Crippen molar-refractivity contribution in [2.45, 2.75) is 217 Å². The molecule has 0 aromatic heterocycles. The van der Waals surface area contributed by atoms with Crippen LogP contribution in [-0.4, -0.2) is 10.9 Å². The monoisotopic (exact) mass is 716 g/mol. The van der Waals surface area contributed by atoms with Gasteiger partial charge in [0.15, 0.2) is 0 Å². The second-order valence-electron chi connectivity index (χ2n) is 13.9. The zero-order chi connectivity index (χ0) is 33.2. The van der Waals surface area contributed by atoms with E-state index in [1.165, 1.54) is 193 Å². The van der Waals surface area contributed by atoms with Gasteiger partial charge < -0.3 is 0 Å². The fraction of sp³-hybridized carbons (Fsp3) is 0.897. The molecule has 5 N–H and O–H groups in total. The van der Waals surface area contributed by atoms with Crippen molar-refractivity contribution in [3.05, 3.63) is 24.3 Å². The predicted molar refractivity (Wildman–Crippen MR) is 208 cm³/mol. The van der Waals surface area contributed by atoms with E-state index in [1.807, 2.05) is 0 Å². The maximum atomic E-state index is 11.8. The van der Waals surface area contributed by atoms with Crippen LogP contribution in [0, 0.1) is 0 Å². The highest BCUT2D eigenvalue weighted by Crippen LogP contribution is 2.36. The number of unbranched alkanes of at least 4 members (excludes halogenated alkanes) is 24. The summed E-state index contributed by atoms with van der Waals surface area (Å²) >= 11 is 4.12. The fourth-order valence-corrected chi connectivity index (χ4v) is 7.43. The number of rotatable bonds is 36. The van der Waals surface area contributed by atoms with Crippen molar-refractivity contribution >= 4 is 23.5 Å². The van der Waals surface area contributed by atoms with E-state index in [9.17, 15) is 4.57 Å². The molecule has 0 amide bonds. The van der Waals surface area contributed by atoms with Crippen LogP contribution in [0.2, 0.25) is 0 Å². The number of hydrogen-bond donors (Lipinski definition) is 3. The molecule has 0 saturated heterocycles. The van der Waals surface area contributed by atoms with Gasteiger partial charge in [0.25, 0.3) is 7.59 Å². The van der Waals surface area contributed by atoms with Crippen LogP contribution in [0.5, 0.6) is 0 Å². The summed E-state index contributed by atoms with van der Waals surface area (Å²) in [5, 5.41) is 2.86. The second kappa shape index (κ2) is 34.0. The van der Waals surface area contributed by atoms with Gasteiger partial charge in [-0.1, -0.05) is 182 Å². The van der Waals surface area contributed by atoms with Crippen molar-refractivity contribution in [3.8, 4) is 0 Å². The van der Waals surface area contributed by atoms with Gasteiger partial charge in [-0.15, -0.1) is 0 Å². The summed E-state index contributed by atoms with van der Waals surface area (Å²) < 4.78 is 11.8. The molecule has 0 bridgehead atoms. The summed E-state index contributed by atoms with van der Waals surface area (Å²) in [4.78, 5) is 0. The smallest absolute Gasteiger partial charge is 0.271 e. The third kappa shape index (κ3) is 36.7. The first-order chi connectivity index (χ1) is 21.8. The van der Waals surface area contributed by atoms with E-state index in [0.29, 0.717) is 6.54 Å². The zero-order valence-electron chi connectivity index (χ0n) is 30.3. The largest absolute Gasteiger partial charge is 0.273 e. The average Bonchev–Trinajstić information content (AvgIpc) is 3.00. The Labute approximate surface area is 291 Å². The number of alkyl halides is 1. The Kier molecular flexibility index (Phi) is 34.0. The molecule has 0 aromatic carbocycles. The summed E-state index contributed by atoms with van der Waals surface area (Å²) in [6.45, 7) is 5.17. The van der Waals surface area contributed by atoms with Crippen LogP contribution in [-0.2, 0) is 4.57 Å². The van der Waals surface area contributed by atoms with Gasteiger partial charge in [-0.25, -0.2) is 5.09 Å². The van der Waals surface area contributed by atoms with Gasteiger partial charge in [0, 0.05) is 10.9 Å². The lowest BCUT2D eigenvalue weighted by molar-refractivity contribution is 0.426. The molecule has 0 radical (unpaired) electrons. The van der Waals surface area contributed by atoms with Gasteiger partial charge >= 0.3 is 0 Å². The number of nitrogens with one attached hydrogen (secondary N) is 1. The lowest BCUT2D eigenvalue weighted by Crippen LogP contribution is -2.30. The third-order valence-corrected chi connectivity index (χ3v) is 11.1. The van der Waals surface area contributed by atoms with Crippen molar-refractivity contribution in [2.24, 2.45) is 11.0 Å². The third-order valence-electron chi connectivity index (χ3n) is 9.21. The highest BCUT2D eigenvalue weighted by atomic mass is 79.9. The molecule has 0 atom stereocenters. The van der Waals surface area contributed by atoms with Crippen molar-refractivity contribution in [1.82, 2.24) is 5.09 Å². The summed E-state index contributed by atoms with van der Waals surface area (Å²) in [6.07, 6.45) is 50.4. The van der Waals surface area contributed by atoms with E-state index in [2.05, 4.69) is 59.2 Å². The van der Waals surface area contributed by atoms with E-state index in [0.717, 1.165) is 6.42 Å². The number of nitrogens with two attached hydrogens (primary N) is 2. The molecule has 4 nitrogen and oxygen atoms in total. The first-order valence-electron chi connectivity index (χ1n) is 19.7. The van der Waals surface area contributed by atoms with Crippen LogP contribution in [0.4, 0.5) is 0 Å². The van der Waals surface area contributed by atoms with Crippen molar-refractivity contribution in [2.75, 3.05) is 6.54 Å². The molecule has 0 aliphatic carbocycles. The van der Waals surface area contributed by atoms with Crippen LogP contribution in [0.3, 0.4) is 0 Å². The normalized spacial score (nSPS) is 12.7. The predicted octanol–water partition coefficient (Wildman–Crippen LogP) is 14.0. The van der Waals surface area contributed by atoms with Crippen LogP contribution in [0.15, 0.2) is 24.3 Å². The highest BCUT2D eigenvalue weighted by Gasteiger charge is 2.26. The molecule has 0 saturated carbocycles. The Morgan fingerprint density at radius 1 is 0.489 bits per heavy atom. The van der Waals surface area contributed by atoms with E-state index >= 15 is 0 Å². The molecule has 0 unspecified atom stereocenters. The zero-order valence-corrected chi connectivity index (χ0v) is 32.8. The molecular weight excluding hydrogens is 637 g/mol. The van der Waals surface area contributed by atoms with Crippen molar-refractivity contribution < 1.29 is 4.57 Å². The van der Waals surface area contributed by atoms with Crippen LogP contribution in [0.25, 0.3) is 0 Å². The topological polar surface area (TPSA) is 81.1 Å². The molecule has 6 heteroatoms. The molecule has 0 fully saturated rings. The molecule has 0 spiro atoms. The standard InChI is InChI=1S/C39H79BrN3OP/c1-3-5-7-9-11-13-15-17-19-21-23-25-27-29-31-33-35-39(40,37-38-43-45(41,42)44)36-34-32-30-28-26-24-22-20-18-16-14-12-10-8-6-4-2/h17-20H,3-16,21-38H2,1-2H3,(H5,41,42,43,44)/b19-17-,20-18-. The Hall–Kier alpha value is 0.0700. The second-order valence-corrected chi connectivity index (χ2v) is 17.3. The maximum absolute atomic E-state index is 11.8. The van der Waals surface area contributed by atoms with E-state index < -0.39 is 7.59 Å². The highest BCUT2D eigenvalue weighted by molar-refractivity contribution is 9.10. The number of halogens is 1. The molecule has 0 aliphatic rings. The Morgan fingerprint density at radius 3 is 1.09 bits per heavy atom. The number of allylic oxidation sites excluding steroid dienone is 4. The van der Waals surface area contributed by atoms with Gasteiger partial charge in [-0.3, -0.25) is 15.6 Å². The Morgan fingerprint density at radius 2 is 0.778 bits per heavy atom. The molecular formula is C39H79BrN3OP. The van der Waals surface area contributed by atoms with Gasteiger partial charge in [0.2, 0.25) is 0 Å². The van der Waals surface area contributed by atoms with E-state index in [4.69, 9.17) is 11.0 Å². The van der Waals surface area contributed by atoms with Gasteiger partial charge in [-0.05, 0) is 70.6 Å². The maximum Gasteiger partial charge on any atom is 0.273 e. The van der Waals surface area contributed by atoms with Gasteiger partial charge in [-0.2, -0.15) is 0 Å². The molecule has 0 aliphatic heterocycles. The summed E-state index contributed by atoms with van der Waals surface area (Å²) in [5.41, 5.74) is 11.1. The molecule has 45 heavy (non-hydrogen) atoms.